The number of rotatable bonds is 4. The van der Waals surface area contributed by atoms with Crippen molar-refractivity contribution < 1.29 is 4.79 Å². The van der Waals surface area contributed by atoms with Crippen LogP contribution in [0.2, 0.25) is 0 Å². The zero-order valence-corrected chi connectivity index (χ0v) is 11.0. The topological polar surface area (TPSA) is 55.1 Å². The van der Waals surface area contributed by atoms with Crippen molar-refractivity contribution in [3.8, 4) is 0 Å². The number of amides is 1. The highest BCUT2D eigenvalue weighted by Crippen LogP contribution is 2.40. The molecule has 3 N–H and O–H groups in total. The fourth-order valence-corrected chi connectivity index (χ4v) is 3.24. The van der Waals surface area contributed by atoms with Gasteiger partial charge >= 0.3 is 0 Å². The van der Waals surface area contributed by atoms with Gasteiger partial charge in [0.1, 0.15) is 0 Å². The number of nitrogens with two attached hydrogens (primary N) is 1. The number of nitrogens with one attached hydrogen (secondary N) is 1. The van der Waals surface area contributed by atoms with Crippen molar-refractivity contribution in [3.05, 3.63) is 0 Å². The second-order valence-corrected chi connectivity index (χ2v) is 6.07. The molecule has 0 radical (unpaired) electrons. The van der Waals surface area contributed by atoms with E-state index in [1.807, 2.05) is 0 Å². The van der Waals surface area contributed by atoms with E-state index in [1.165, 1.54) is 25.7 Å². The Kier molecular flexibility index (Phi) is 4.08. The van der Waals surface area contributed by atoms with Crippen LogP contribution in [0, 0.1) is 17.3 Å². The molecular formula is C14H26N2O. The summed E-state index contributed by atoms with van der Waals surface area (Å²) in [5.41, 5.74) is 5.53. The first kappa shape index (κ1) is 12.9. The standard InChI is InChI=1S/C14H26N2O/c1-11-5-2-3-6-12(11)9-16-13(17)14(10-15)7-4-8-14/h11-12H,2-10,15H2,1H3,(H,16,17). The van der Waals surface area contributed by atoms with Crippen molar-refractivity contribution in [1.82, 2.24) is 5.32 Å². The largest absolute Gasteiger partial charge is 0.355 e. The van der Waals surface area contributed by atoms with Crippen LogP contribution in [0.5, 0.6) is 0 Å². The first-order valence-corrected chi connectivity index (χ1v) is 7.16. The lowest BCUT2D eigenvalue weighted by Gasteiger charge is -2.40. The Balaban J connectivity index is 1.79. The lowest BCUT2D eigenvalue weighted by Crippen LogP contribution is -2.51. The second-order valence-electron chi connectivity index (χ2n) is 6.07. The summed E-state index contributed by atoms with van der Waals surface area (Å²) in [5.74, 6) is 1.66. The Labute approximate surface area is 105 Å². The van der Waals surface area contributed by atoms with Gasteiger partial charge in [-0.2, -0.15) is 0 Å². The zero-order chi connectivity index (χ0) is 12.3. The quantitative estimate of drug-likeness (QED) is 0.787. The van der Waals surface area contributed by atoms with Crippen molar-refractivity contribution in [2.75, 3.05) is 13.1 Å². The van der Waals surface area contributed by atoms with Crippen LogP contribution in [0.4, 0.5) is 0 Å². The molecule has 0 spiro atoms. The van der Waals surface area contributed by atoms with Crippen LogP contribution < -0.4 is 11.1 Å². The monoisotopic (exact) mass is 238 g/mol. The van der Waals surface area contributed by atoms with E-state index in [9.17, 15) is 4.79 Å². The average Bonchev–Trinajstić information content (AvgIpc) is 2.27. The van der Waals surface area contributed by atoms with Gasteiger partial charge in [-0.25, -0.2) is 0 Å². The molecule has 2 saturated carbocycles. The molecule has 0 aromatic rings. The van der Waals surface area contributed by atoms with E-state index < -0.39 is 0 Å². The van der Waals surface area contributed by atoms with Gasteiger partial charge in [-0.3, -0.25) is 4.79 Å². The molecule has 2 unspecified atom stereocenters. The summed E-state index contributed by atoms with van der Waals surface area (Å²) < 4.78 is 0. The molecule has 1 amide bonds. The summed E-state index contributed by atoms with van der Waals surface area (Å²) in [6.07, 6.45) is 8.40. The third-order valence-corrected chi connectivity index (χ3v) is 5.00. The van der Waals surface area contributed by atoms with E-state index in [0.717, 1.165) is 31.7 Å². The molecule has 17 heavy (non-hydrogen) atoms. The van der Waals surface area contributed by atoms with Crippen molar-refractivity contribution >= 4 is 5.91 Å². The summed E-state index contributed by atoms with van der Waals surface area (Å²) in [7, 11) is 0. The maximum atomic E-state index is 12.1. The third-order valence-electron chi connectivity index (χ3n) is 5.00. The van der Waals surface area contributed by atoms with Gasteiger partial charge in [0.2, 0.25) is 5.91 Å². The Bertz CT molecular complexity index is 268. The van der Waals surface area contributed by atoms with Crippen molar-refractivity contribution in [2.45, 2.75) is 51.9 Å². The Morgan fingerprint density at radius 1 is 1.29 bits per heavy atom. The van der Waals surface area contributed by atoms with E-state index in [4.69, 9.17) is 5.73 Å². The maximum absolute atomic E-state index is 12.1. The molecule has 2 rings (SSSR count). The highest BCUT2D eigenvalue weighted by Gasteiger charge is 2.42. The first-order valence-electron chi connectivity index (χ1n) is 7.16. The van der Waals surface area contributed by atoms with E-state index in [0.29, 0.717) is 12.5 Å². The summed E-state index contributed by atoms with van der Waals surface area (Å²) in [6, 6.07) is 0. The molecule has 3 nitrogen and oxygen atoms in total. The normalized spacial score (nSPS) is 31.6. The maximum Gasteiger partial charge on any atom is 0.227 e. The lowest BCUT2D eigenvalue weighted by molar-refractivity contribution is -0.135. The highest BCUT2D eigenvalue weighted by molar-refractivity contribution is 5.83. The van der Waals surface area contributed by atoms with E-state index in [1.54, 1.807) is 0 Å². The lowest BCUT2D eigenvalue weighted by atomic mass is 9.68. The smallest absolute Gasteiger partial charge is 0.227 e. The molecule has 0 aliphatic heterocycles. The van der Waals surface area contributed by atoms with Gasteiger partial charge in [0, 0.05) is 13.1 Å². The number of carbonyl (C=O) groups excluding carboxylic acids is 1. The van der Waals surface area contributed by atoms with Gasteiger partial charge in [0.05, 0.1) is 5.41 Å². The summed E-state index contributed by atoms with van der Waals surface area (Å²) in [5, 5.41) is 3.16. The second kappa shape index (κ2) is 5.38. The van der Waals surface area contributed by atoms with Crippen LogP contribution >= 0.6 is 0 Å². The van der Waals surface area contributed by atoms with Crippen LogP contribution in [-0.4, -0.2) is 19.0 Å². The van der Waals surface area contributed by atoms with Crippen molar-refractivity contribution in [2.24, 2.45) is 23.0 Å². The van der Waals surface area contributed by atoms with Gasteiger partial charge in [-0.05, 0) is 31.1 Å². The van der Waals surface area contributed by atoms with Crippen LogP contribution in [0.25, 0.3) is 0 Å². The molecule has 2 fully saturated rings. The minimum Gasteiger partial charge on any atom is -0.355 e. The van der Waals surface area contributed by atoms with Crippen LogP contribution in [0.15, 0.2) is 0 Å². The summed E-state index contributed by atoms with van der Waals surface area (Å²) in [6.45, 7) is 3.69. The van der Waals surface area contributed by atoms with Gasteiger partial charge in [-0.15, -0.1) is 0 Å². The molecule has 0 aromatic carbocycles. The van der Waals surface area contributed by atoms with Gasteiger partial charge < -0.3 is 11.1 Å². The molecule has 0 saturated heterocycles. The third kappa shape index (κ3) is 2.65. The van der Waals surface area contributed by atoms with Gasteiger partial charge in [-0.1, -0.05) is 32.6 Å². The SMILES string of the molecule is CC1CCCCC1CNC(=O)C1(CN)CCC1. The molecule has 0 heterocycles. The highest BCUT2D eigenvalue weighted by atomic mass is 16.2. The fourth-order valence-electron chi connectivity index (χ4n) is 3.24. The van der Waals surface area contributed by atoms with Crippen LogP contribution in [-0.2, 0) is 4.79 Å². The summed E-state index contributed by atoms with van der Waals surface area (Å²) in [4.78, 5) is 12.1. The predicted molar refractivity (Wildman–Crippen MR) is 69.5 cm³/mol. The number of hydrogen-bond donors (Lipinski definition) is 2. The predicted octanol–water partition coefficient (Wildman–Crippen LogP) is 2.06. The fraction of sp³-hybridized carbons (Fsp3) is 0.929. The molecule has 98 valence electrons. The van der Waals surface area contributed by atoms with Gasteiger partial charge in [0.25, 0.3) is 0 Å². The summed E-state index contributed by atoms with van der Waals surface area (Å²) >= 11 is 0. The zero-order valence-electron chi connectivity index (χ0n) is 11.0. The van der Waals surface area contributed by atoms with Crippen LogP contribution in [0.3, 0.4) is 0 Å². The van der Waals surface area contributed by atoms with E-state index in [-0.39, 0.29) is 11.3 Å². The molecule has 2 aliphatic rings. The van der Waals surface area contributed by atoms with E-state index >= 15 is 0 Å². The Morgan fingerprint density at radius 3 is 2.53 bits per heavy atom. The van der Waals surface area contributed by atoms with Crippen LogP contribution in [0.1, 0.15) is 51.9 Å². The van der Waals surface area contributed by atoms with E-state index in [2.05, 4.69) is 12.2 Å². The molecule has 0 bridgehead atoms. The molecule has 2 atom stereocenters. The minimum absolute atomic E-state index is 0.210. The molecular weight excluding hydrogens is 212 g/mol. The minimum atomic E-state index is -0.210. The molecule has 3 heteroatoms. The molecule has 0 aromatic heterocycles. The van der Waals surface area contributed by atoms with Gasteiger partial charge in [0.15, 0.2) is 0 Å². The Hall–Kier alpha value is -0.570. The van der Waals surface area contributed by atoms with Crippen molar-refractivity contribution in [1.29, 1.82) is 0 Å². The van der Waals surface area contributed by atoms with Crippen molar-refractivity contribution in [3.63, 3.8) is 0 Å². The Morgan fingerprint density at radius 2 is 2.00 bits per heavy atom. The first-order chi connectivity index (χ1) is 8.18. The average molecular weight is 238 g/mol. The number of carbonyl (C=O) groups is 1. The molecule has 2 aliphatic carbocycles. The number of hydrogen-bond acceptors (Lipinski definition) is 2.